The predicted molar refractivity (Wildman–Crippen MR) is 70.6 cm³/mol. The molecule has 0 aliphatic rings. The van der Waals surface area contributed by atoms with Crippen LogP contribution in [0.5, 0.6) is 0 Å². The molecule has 1 rings (SSSR count). The fourth-order valence-electron chi connectivity index (χ4n) is 1.52. The summed E-state index contributed by atoms with van der Waals surface area (Å²) in [4.78, 5) is 10.7. The first-order valence-corrected chi connectivity index (χ1v) is 6.32. The highest BCUT2D eigenvalue weighted by atomic mass is 16.1. The number of hydrogen-bond acceptors (Lipinski definition) is 1. The molecule has 0 saturated carbocycles. The van der Waals surface area contributed by atoms with Gasteiger partial charge in [0.25, 0.3) is 0 Å². The lowest BCUT2D eigenvalue weighted by molar-refractivity contribution is -0.117. The molecule has 0 aromatic heterocycles. The summed E-state index contributed by atoms with van der Waals surface area (Å²) in [5, 5.41) is 0. The molecular formula is C15H24O. The third-order valence-electron chi connectivity index (χ3n) is 2.34. The average Bonchev–Trinajstić information content (AvgIpc) is 2.32. The second-order valence-electron chi connectivity index (χ2n) is 3.75. The van der Waals surface area contributed by atoms with Gasteiger partial charge in [0.15, 0.2) is 0 Å². The highest BCUT2D eigenvalue weighted by Crippen LogP contribution is 2.07. The van der Waals surface area contributed by atoms with E-state index in [9.17, 15) is 4.79 Å². The Morgan fingerprint density at radius 2 is 1.62 bits per heavy atom. The minimum Gasteiger partial charge on any atom is -0.300 e. The van der Waals surface area contributed by atoms with E-state index < -0.39 is 0 Å². The summed E-state index contributed by atoms with van der Waals surface area (Å²) in [6, 6.07) is 10.5. The average molecular weight is 220 g/mol. The van der Waals surface area contributed by atoms with Gasteiger partial charge in [-0.05, 0) is 31.7 Å². The van der Waals surface area contributed by atoms with Crippen molar-refractivity contribution in [3.05, 3.63) is 35.9 Å². The van der Waals surface area contributed by atoms with Crippen LogP contribution in [0.4, 0.5) is 0 Å². The third-order valence-corrected chi connectivity index (χ3v) is 2.34. The molecule has 0 radical (unpaired) electrons. The molecule has 0 aliphatic carbocycles. The van der Waals surface area contributed by atoms with Gasteiger partial charge in [0.05, 0.1) is 0 Å². The third kappa shape index (κ3) is 8.22. The van der Waals surface area contributed by atoms with E-state index >= 15 is 0 Å². The van der Waals surface area contributed by atoms with Crippen molar-refractivity contribution in [3.63, 3.8) is 0 Å². The predicted octanol–water partition coefficient (Wildman–Crippen LogP) is 4.40. The van der Waals surface area contributed by atoms with E-state index in [0.29, 0.717) is 5.78 Å². The molecule has 0 spiro atoms. The highest BCUT2D eigenvalue weighted by Gasteiger charge is 1.95. The van der Waals surface area contributed by atoms with Gasteiger partial charge >= 0.3 is 0 Å². The van der Waals surface area contributed by atoms with Crippen molar-refractivity contribution in [1.29, 1.82) is 0 Å². The lowest BCUT2D eigenvalue weighted by Crippen LogP contribution is -1.90. The second-order valence-corrected chi connectivity index (χ2v) is 3.75. The van der Waals surface area contributed by atoms with E-state index in [0.717, 1.165) is 25.7 Å². The van der Waals surface area contributed by atoms with Crippen molar-refractivity contribution in [2.24, 2.45) is 0 Å². The molecule has 0 unspecified atom stereocenters. The molecule has 0 amide bonds. The molecule has 16 heavy (non-hydrogen) atoms. The van der Waals surface area contributed by atoms with E-state index in [-0.39, 0.29) is 0 Å². The number of Topliss-reactive ketones (excluding diaryl/α,β-unsaturated/α-hetero) is 1. The highest BCUT2D eigenvalue weighted by molar-refractivity contribution is 5.75. The largest absolute Gasteiger partial charge is 0.300 e. The molecule has 0 saturated heterocycles. The number of carbonyl (C=O) groups excluding carboxylic acids is 1. The standard InChI is InChI=1S/C13H18O.C2H6/c1-12(14)8-4-2-5-9-13-10-6-3-7-11-13;1-2/h3,6-7,10-11H,2,4-5,8-9H2,1H3;1-2H3. The van der Waals surface area contributed by atoms with Crippen LogP contribution in [0.25, 0.3) is 0 Å². The SMILES string of the molecule is CC.CC(=O)CCCCCc1ccccc1. The summed E-state index contributed by atoms with van der Waals surface area (Å²) in [6.45, 7) is 5.66. The zero-order chi connectivity index (χ0) is 12.2. The van der Waals surface area contributed by atoms with Gasteiger partial charge in [-0.2, -0.15) is 0 Å². The van der Waals surface area contributed by atoms with Crippen molar-refractivity contribution in [2.45, 2.75) is 52.9 Å². The maximum absolute atomic E-state index is 10.7. The van der Waals surface area contributed by atoms with Gasteiger partial charge in [0.2, 0.25) is 0 Å². The van der Waals surface area contributed by atoms with Gasteiger partial charge in [-0.1, -0.05) is 50.6 Å². The Bertz CT molecular complexity index is 264. The van der Waals surface area contributed by atoms with Gasteiger partial charge in [0, 0.05) is 6.42 Å². The zero-order valence-corrected chi connectivity index (χ0v) is 10.8. The first-order valence-electron chi connectivity index (χ1n) is 6.32. The van der Waals surface area contributed by atoms with Crippen molar-refractivity contribution in [3.8, 4) is 0 Å². The van der Waals surface area contributed by atoms with Crippen LogP contribution in [0, 0.1) is 0 Å². The number of benzene rings is 1. The molecule has 0 aliphatic heterocycles. The smallest absolute Gasteiger partial charge is 0.129 e. The maximum Gasteiger partial charge on any atom is 0.129 e. The fraction of sp³-hybridized carbons (Fsp3) is 0.533. The molecule has 1 aromatic rings. The minimum absolute atomic E-state index is 0.310. The first-order chi connectivity index (χ1) is 7.79. The van der Waals surface area contributed by atoms with E-state index in [1.807, 2.05) is 19.9 Å². The van der Waals surface area contributed by atoms with Crippen LogP contribution in [-0.4, -0.2) is 5.78 Å². The summed E-state index contributed by atoms with van der Waals surface area (Å²) in [7, 11) is 0. The van der Waals surface area contributed by atoms with Crippen molar-refractivity contribution in [2.75, 3.05) is 0 Å². The van der Waals surface area contributed by atoms with Crippen LogP contribution < -0.4 is 0 Å². The molecule has 0 N–H and O–H groups in total. The van der Waals surface area contributed by atoms with Crippen molar-refractivity contribution < 1.29 is 4.79 Å². The lowest BCUT2D eigenvalue weighted by atomic mass is 10.1. The molecule has 0 heterocycles. The molecule has 1 aromatic carbocycles. The zero-order valence-electron chi connectivity index (χ0n) is 10.8. The Morgan fingerprint density at radius 3 is 2.19 bits per heavy atom. The summed E-state index contributed by atoms with van der Waals surface area (Å²) < 4.78 is 0. The quantitative estimate of drug-likeness (QED) is 0.649. The lowest BCUT2D eigenvalue weighted by Gasteiger charge is -2.00. The van der Waals surface area contributed by atoms with Crippen LogP contribution in [-0.2, 0) is 11.2 Å². The van der Waals surface area contributed by atoms with E-state index in [1.54, 1.807) is 6.92 Å². The van der Waals surface area contributed by atoms with Crippen LogP contribution in [0.1, 0.15) is 52.0 Å². The van der Waals surface area contributed by atoms with E-state index in [4.69, 9.17) is 0 Å². The molecule has 0 bridgehead atoms. The van der Waals surface area contributed by atoms with Crippen LogP contribution in [0.15, 0.2) is 30.3 Å². The number of rotatable bonds is 6. The van der Waals surface area contributed by atoms with E-state index in [2.05, 4.69) is 24.3 Å². The minimum atomic E-state index is 0.310. The molecule has 1 heteroatoms. The maximum atomic E-state index is 10.7. The molecular weight excluding hydrogens is 196 g/mol. The van der Waals surface area contributed by atoms with Crippen LogP contribution >= 0.6 is 0 Å². The van der Waals surface area contributed by atoms with Gasteiger partial charge in [-0.25, -0.2) is 0 Å². The topological polar surface area (TPSA) is 17.1 Å². The Morgan fingerprint density at radius 1 is 1.00 bits per heavy atom. The number of carbonyl (C=O) groups is 1. The Balaban J connectivity index is 0.00000106. The van der Waals surface area contributed by atoms with Crippen LogP contribution in [0.3, 0.4) is 0 Å². The van der Waals surface area contributed by atoms with Gasteiger partial charge in [-0.15, -0.1) is 0 Å². The fourth-order valence-corrected chi connectivity index (χ4v) is 1.52. The molecule has 0 fully saturated rings. The van der Waals surface area contributed by atoms with Crippen molar-refractivity contribution >= 4 is 5.78 Å². The Hall–Kier alpha value is -1.11. The Labute approximate surface area is 99.9 Å². The van der Waals surface area contributed by atoms with Crippen LogP contribution in [0.2, 0.25) is 0 Å². The molecule has 90 valence electrons. The number of aryl methyl sites for hydroxylation is 1. The van der Waals surface area contributed by atoms with Gasteiger partial charge in [0.1, 0.15) is 5.78 Å². The summed E-state index contributed by atoms with van der Waals surface area (Å²) >= 11 is 0. The normalized spacial score (nSPS) is 9.19. The number of unbranched alkanes of at least 4 members (excludes halogenated alkanes) is 2. The van der Waals surface area contributed by atoms with Crippen molar-refractivity contribution in [1.82, 2.24) is 0 Å². The Kier molecular flexibility index (Phi) is 9.69. The monoisotopic (exact) mass is 220 g/mol. The first kappa shape index (κ1) is 14.9. The number of ketones is 1. The second kappa shape index (κ2) is 10.4. The molecule has 1 nitrogen and oxygen atoms in total. The summed E-state index contributed by atoms with van der Waals surface area (Å²) in [6.07, 6.45) is 5.28. The van der Waals surface area contributed by atoms with E-state index in [1.165, 1.54) is 12.0 Å². The summed E-state index contributed by atoms with van der Waals surface area (Å²) in [5.41, 5.74) is 1.40. The van der Waals surface area contributed by atoms with Gasteiger partial charge < -0.3 is 4.79 Å². The van der Waals surface area contributed by atoms with Gasteiger partial charge in [-0.3, -0.25) is 0 Å². The number of hydrogen-bond donors (Lipinski definition) is 0. The molecule has 0 atom stereocenters. The summed E-state index contributed by atoms with van der Waals surface area (Å²) in [5.74, 6) is 0.310.